The predicted octanol–water partition coefficient (Wildman–Crippen LogP) is 5.75. The molecular weight excluding hydrogens is 802 g/mol. The molecule has 0 aromatic heterocycles. The van der Waals surface area contributed by atoms with Crippen LogP contribution >= 0.6 is 0 Å². The summed E-state index contributed by atoms with van der Waals surface area (Å²) in [5.74, 6) is -4.52. The normalized spacial score (nSPS) is 36.2. The topological polar surface area (TPSA) is 178 Å². The molecule has 2 saturated heterocycles. The van der Waals surface area contributed by atoms with Gasteiger partial charge < -0.3 is 48.6 Å². The van der Waals surface area contributed by atoms with E-state index >= 15 is 0 Å². The number of hydrogen-bond acceptors (Lipinski definition) is 14. The van der Waals surface area contributed by atoms with Gasteiger partial charge in [-0.25, -0.2) is 4.39 Å². The molecule has 14 nitrogen and oxygen atoms in total. The molecular formula is C47H70FN3O11. The van der Waals surface area contributed by atoms with Crippen LogP contribution in [0, 0.1) is 29.5 Å². The number of carbonyl (C=O) groups excluding carboxylic acids is 2. The molecule has 14 atom stereocenters. The molecule has 0 radical (unpaired) electrons. The maximum Gasteiger partial charge on any atom is 0.312 e. The molecule has 2 fully saturated rings. The van der Waals surface area contributed by atoms with Gasteiger partial charge in [-0.15, -0.1) is 0 Å². The van der Waals surface area contributed by atoms with Gasteiger partial charge in [0.05, 0.1) is 49.1 Å². The van der Waals surface area contributed by atoms with E-state index in [9.17, 15) is 29.3 Å². The van der Waals surface area contributed by atoms with E-state index < -0.39 is 89.4 Å². The quantitative estimate of drug-likeness (QED) is 0.142. The van der Waals surface area contributed by atoms with Crippen LogP contribution in [0.5, 0.6) is 5.75 Å². The molecule has 2 aromatic carbocycles. The highest BCUT2D eigenvalue weighted by Gasteiger charge is 2.52. The maximum absolute atomic E-state index is 14.4. The van der Waals surface area contributed by atoms with Crippen LogP contribution in [0.15, 0.2) is 58.7 Å². The van der Waals surface area contributed by atoms with Gasteiger partial charge in [0.15, 0.2) is 6.29 Å². The summed E-state index contributed by atoms with van der Waals surface area (Å²) in [6, 6.07) is 12.5. The molecule has 4 unspecified atom stereocenters. The molecule has 2 aromatic rings. The van der Waals surface area contributed by atoms with E-state index in [-0.39, 0.29) is 31.4 Å². The summed E-state index contributed by atoms with van der Waals surface area (Å²) in [4.78, 5) is 30.2. The van der Waals surface area contributed by atoms with Crippen molar-refractivity contribution in [3.05, 3.63) is 65.5 Å². The van der Waals surface area contributed by atoms with Gasteiger partial charge in [0.1, 0.15) is 35.5 Å². The number of cyclic esters (lactones) is 1. The van der Waals surface area contributed by atoms with Crippen molar-refractivity contribution >= 4 is 23.4 Å². The van der Waals surface area contributed by atoms with Gasteiger partial charge in [-0.3, -0.25) is 9.59 Å². The number of aliphatic hydroxyl groups excluding tert-OH is 2. The number of carbonyl (C=O) groups is 2. The fourth-order valence-electron chi connectivity index (χ4n) is 8.97. The Morgan fingerprint density at radius 2 is 1.61 bits per heavy atom. The van der Waals surface area contributed by atoms with Crippen LogP contribution in [0.4, 0.5) is 4.39 Å². The fourth-order valence-corrected chi connectivity index (χ4v) is 8.97. The average molecular weight is 872 g/mol. The lowest BCUT2D eigenvalue weighted by atomic mass is 9.73. The predicted molar refractivity (Wildman–Crippen MR) is 233 cm³/mol. The molecule has 0 amide bonds. The number of hydrogen-bond donors (Lipinski definition) is 3. The highest BCUT2D eigenvalue weighted by Crippen LogP contribution is 2.40. The first-order chi connectivity index (χ1) is 29.1. The van der Waals surface area contributed by atoms with E-state index in [1.165, 1.54) is 26.2 Å². The molecule has 2 aliphatic heterocycles. The van der Waals surface area contributed by atoms with Gasteiger partial charge >= 0.3 is 11.9 Å². The first kappa shape index (κ1) is 50.8. The van der Waals surface area contributed by atoms with Crippen LogP contribution in [-0.4, -0.2) is 132 Å². The van der Waals surface area contributed by atoms with E-state index in [1.807, 2.05) is 39.8 Å². The highest BCUT2D eigenvalue weighted by molar-refractivity contribution is 5.99. The van der Waals surface area contributed by atoms with Crippen LogP contribution in [0.3, 0.4) is 0 Å². The Morgan fingerprint density at radius 1 is 0.984 bits per heavy atom. The van der Waals surface area contributed by atoms with Crippen molar-refractivity contribution in [3.63, 3.8) is 0 Å². The van der Waals surface area contributed by atoms with Gasteiger partial charge in [0.25, 0.3) is 0 Å². The number of methoxy groups -OCH3 is 2. The van der Waals surface area contributed by atoms with Crippen molar-refractivity contribution in [3.8, 4) is 5.75 Å². The number of ether oxygens (including phenoxy) is 6. The number of aliphatic hydroxyl groups is 3. The number of esters is 2. The molecule has 3 N–H and O–H groups in total. The van der Waals surface area contributed by atoms with Gasteiger partial charge in [-0.05, 0) is 109 Å². The van der Waals surface area contributed by atoms with E-state index in [1.54, 1.807) is 78.1 Å². The van der Waals surface area contributed by atoms with Crippen molar-refractivity contribution < 1.29 is 57.7 Å². The largest absolute Gasteiger partial charge is 0.497 e. The van der Waals surface area contributed by atoms with Crippen LogP contribution < -0.4 is 4.74 Å². The average Bonchev–Trinajstić information content (AvgIpc) is 3.23. The van der Waals surface area contributed by atoms with E-state index in [0.717, 1.165) is 0 Å². The second kappa shape index (κ2) is 21.7. The van der Waals surface area contributed by atoms with E-state index in [2.05, 4.69) is 5.10 Å². The summed E-state index contributed by atoms with van der Waals surface area (Å²) < 4.78 is 51.1. The summed E-state index contributed by atoms with van der Waals surface area (Å²) in [6.07, 6.45) is -6.78. The first-order valence-electron chi connectivity index (χ1n) is 21.6. The molecule has 2 aliphatic rings. The molecule has 0 aliphatic carbocycles. The minimum atomic E-state index is -1.99. The SMILES string of the molecule is CC[C@H]1OC(=O)[C@H](C)[C@@H](OC(=O)Cc2ccc(OC)cc2)[C@H](C)[C@@H](OC2OC(C)CC(N(C)C)C2O)[C@](C)(OC)C[C@@H](C)/C(=N\N=C(/C)c2ccc(F)cc2)[C@H](C)[C@@H](O)[C@]1(C)O. The molecule has 62 heavy (non-hydrogen) atoms. The van der Waals surface area contributed by atoms with Crippen molar-refractivity contribution in [2.45, 2.75) is 148 Å². The zero-order chi connectivity index (χ0) is 46.3. The Kier molecular flexibility index (Phi) is 17.8. The Hall–Kier alpha value is -3.83. The standard InChI is InChI=1S/C47H70FN3O11/c1-14-37-47(9,56)42(54)28(4)39(50-49-31(7)33-17-19-34(48)20-18-33)26(2)25-46(8,58-13)43(62-45-40(53)36(51(10)11)23-27(3)59-45)29(5)41(30(6)44(55)60-37)61-38(52)24-32-15-21-35(57-12)22-16-32/h15-22,26-30,36-37,40-43,45,53-54,56H,14,23-25H2,1-13H3/b49-31+,50-39+/t26-,27?,28+,29+,30-,36?,37-,40?,41+,42-,43-,45?,46-,47-/m1/s1. The molecule has 346 valence electrons. The number of rotatable bonds is 11. The number of benzene rings is 2. The van der Waals surface area contributed by atoms with Crippen LogP contribution in [0.1, 0.15) is 92.7 Å². The molecule has 0 saturated carbocycles. The maximum atomic E-state index is 14.4. The number of halogens is 1. The lowest BCUT2D eigenvalue weighted by Gasteiger charge is -2.48. The summed E-state index contributed by atoms with van der Waals surface area (Å²) in [6.45, 7) is 15.6. The van der Waals surface area contributed by atoms with Crippen molar-refractivity contribution in [2.75, 3.05) is 28.3 Å². The first-order valence-corrected chi connectivity index (χ1v) is 21.6. The molecule has 0 bridgehead atoms. The zero-order valence-electron chi connectivity index (χ0n) is 38.7. The zero-order valence-corrected chi connectivity index (χ0v) is 38.7. The van der Waals surface area contributed by atoms with Gasteiger partial charge in [-0.1, -0.05) is 52.0 Å². The van der Waals surface area contributed by atoms with Crippen LogP contribution in [-0.2, 0) is 39.7 Å². The molecule has 2 heterocycles. The number of nitrogens with zero attached hydrogens (tertiary/aromatic N) is 3. The fraction of sp³-hybridized carbons (Fsp3) is 0.660. The highest BCUT2D eigenvalue weighted by atomic mass is 19.1. The Morgan fingerprint density at radius 3 is 2.18 bits per heavy atom. The third-order valence-corrected chi connectivity index (χ3v) is 12.9. The third-order valence-electron chi connectivity index (χ3n) is 12.9. The van der Waals surface area contributed by atoms with Crippen molar-refractivity contribution in [1.29, 1.82) is 0 Å². The lowest BCUT2D eigenvalue weighted by molar-refractivity contribution is -0.301. The monoisotopic (exact) mass is 871 g/mol. The van der Waals surface area contributed by atoms with E-state index in [4.69, 9.17) is 33.5 Å². The minimum Gasteiger partial charge on any atom is -0.497 e. The van der Waals surface area contributed by atoms with Gasteiger partial charge in [0.2, 0.25) is 0 Å². The Balaban J connectivity index is 1.91. The van der Waals surface area contributed by atoms with Gasteiger partial charge in [-0.2, -0.15) is 10.2 Å². The molecule has 0 spiro atoms. The Labute approximate surface area is 366 Å². The van der Waals surface area contributed by atoms with Crippen molar-refractivity contribution in [2.24, 2.45) is 33.9 Å². The Bertz CT molecular complexity index is 1840. The molecule has 4 rings (SSSR count). The smallest absolute Gasteiger partial charge is 0.312 e. The lowest BCUT2D eigenvalue weighted by Crippen LogP contribution is -2.60. The number of likely N-dealkylation sites (N-methyl/N-ethyl adjacent to an activating group) is 1. The summed E-state index contributed by atoms with van der Waals surface area (Å²) in [5, 5.41) is 45.1. The minimum absolute atomic E-state index is 0.125. The summed E-state index contributed by atoms with van der Waals surface area (Å²) in [5.41, 5.74) is -1.13. The van der Waals surface area contributed by atoms with Crippen LogP contribution in [0.2, 0.25) is 0 Å². The second-order valence-corrected chi connectivity index (χ2v) is 17.9. The van der Waals surface area contributed by atoms with Crippen LogP contribution in [0.25, 0.3) is 0 Å². The van der Waals surface area contributed by atoms with Gasteiger partial charge in [0, 0.05) is 30.7 Å². The third kappa shape index (κ3) is 12.0. The van der Waals surface area contributed by atoms with Crippen molar-refractivity contribution in [1.82, 2.24) is 4.90 Å². The second-order valence-electron chi connectivity index (χ2n) is 17.9. The summed E-state index contributed by atoms with van der Waals surface area (Å²) in [7, 11) is 6.81. The van der Waals surface area contributed by atoms with E-state index in [0.29, 0.717) is 34.7 Å². The summed E-state index contributed by atoms with van der Waals surface area (Å²) >= 11 is 0. The molecule has 15 heteroatoms.